The van der Waals surface area contributed by atoms with E-state index in [4.69, 9.17) is 5.11 Å². The number of carbonyl (C=O) groups is 1. The van der Waals surface area contributed by atoms with Gasteiger partial charge in [0.15, 0.2) is 0 Å². The molecule has 5 heteroatoms. The lowest BCUT2D eigenvalue weighted by molar-refractivity contribution is 0.0707. The number of aliphatic hydroxyl groups excluding tert-OH is 1. The molecule has 0 aromatic heterocycles. The first-order chi connectivity index (χ1) is 10.1. The highest BCUT2D eigenvalue weighted by Crippen LogP contribution is 2.25. The summed E-state index contributed by atoms with van der Waals surface area (Å²) < 4.78 is 0.538. The van der Waals surface area contributed by atoms with Crippen molar-refractivity contribution in [3.63, 3.8) is 0 Å². The van der Waals surface area contributed by atoms with Crippen molar-refractivity contribution in [2.75, 3.05) is 13.2 Å². The number of carbonyl (C=O) groups excluding carboxylic acids is 1. The Labute approximate surface area is 131 Å². The van der Waals surface area contributed by atoms with Crippen LogP contribution in [0.1, 0.15) is 15.9 Å². The number of aromatic hydroxyl groups is 1. The highest BCUT2D eigenvalue weighted by atomic mass is 79.9. The van der Waals surface area contributed by atoms with Crippen LogP contribution in [0.5, 0.6) is 5.75 Å². The van der Waals surface area contributed by atoms with Gasteiger partial charge < -0.3 is 15.1 Å². The molecule has 0 aliphatic carbocycles. The average molecular weight is 350 g/mol. The van der Waals surface area contributed by atoms with Crippen LogP contribution in [0.3, 0.4) is 0 Å². The minimum Gasteiger partial charge on any atom is -0.507 e. The number of rotatable bonds is 5. The number of phenolic OH excluding ortho intramolecular Hbond substituents is 1. The molecule has 0 radical (unpaired) electrons. The molecule has 0 aliphatic heterocycles. The van der Waals surface area contributed by atoms with Crippen LogP contribution in [-0.4, -0.2) is 34.2 Å². The second kappa shape index (κ2) is 7.24. The van der Waals surface area contributed by atoms with E-state index in [1.165, 1.54) is 6.07 Å². The third kappa shape index (κ3) is 4.06. The van der Waals surface area contributed by atoms with Crippen LogP contribution in [0.15, 0.2) is 53.0 Å². The zero-order chi connectivity index (χ0) is 15.2. The van der Waals surface area contributed by atoms with Crippen molar-refractivity contribution in [1.29, 1.82) is 0 Å². The molecule has 0 unspecified atom stereocenters. The van der Waals surface area contributed by atoms with Gasteiger partial charge in [-0.2, -0.15) is 0 Å². The first-order valence-electron chi connectivity index (χ1n) is 6.54. The number of aliphatic hydroxyl groups is 1. The van der Waals surface area contributed by atoms with E-state index in [0.717, 1.165) is 5.56 Å². The van der Waals surface area contributed by atoms with Crippen molar-refractivity contribution in [1.82, 2.24) is 4.90 Å². The summed E-state index contributed by atoms with van der Waals surface area (Å²) in [6.07, 6.45) is 0. The minimum atomic E-state index is -0.226. The first kappa shape index (κ1) is 15.5. The smallest absolute Gasteiger partial charge is 0.254 e. The number of phenols is 1. The van der Waals surface area contributed by atoms with Gasteiger partial charge in [0.05, 0.1) is 11.1 Å². The van der Waals surface area contributed by atoms with Gasteiger partial charge in [0.2, 0.25) is 0 Å². The maximum atomic E-state index is 12.5. The van der Waals surface area contributed by atoms with Crippen LogP contribution in [0.2, 0.25) is 0 Å². The summed E-state index contributed by atoms with van der Waals surface area (Å²) >= 11 is 3.19. The van der Waals surface area contributed by atoms with E-state index in [-0.39, 0.29) is 24.8 Å². The Hall–Kier alpha value is -1.85. The SMILES string of the molecule is O=C(c1ccc(Br)c(O)c1)N(CCO)Cc1ccccc1. The van der Waals surface area contributed by atoms with E-state index < -0.39 is 0 Å². The van der Waals surface area contributed by atoms with Gasteiger partial charge in [-0.25, -0.2) is 0 Å². The van der Waals surface area contributed by atoms with Crippen LogP contribution in [0.4, 0.5) is 0 Å². The topological polar surface area (TPSA) is 60.8 Å². The number of benzene rings is 2. The maximum Gasteiger partial charge on any atom is 0.254 e. The van der Waals surface area contributed by atoms with Crippen molar-refractivity contribution in [3.8, 4) is 5.75 Å². The summed E-state index contributed by atoms with van der Waals surface area (Å²) in [6.45, 7) is 0.544. The van der Waals surface area contributed by atoms with Crippen molar-refractivity contribution in [2.45, 2.75) is 6.54 Å². The molecule has 4 nitrogen and oxygen atoms in total. The second-order valence-electron chi connectivity index (χ2n) is 4.60. The molecule has 0 bridgehead atoms. The zero-order valence-corrected chi connectivity index (χ0v) is 13.0. The second-order valence-corrected chi connectivity index (χ2v) is 5.46. The average Bonchev–Trinajstić information content (AvgIpc) is 2.50. The van der Waals surface area contributed by atoms with Gasteiger partial charge in [-0.3, -0.25) is 4.79 Å². The van der Waals surface area contributed by atoms with Crippen molar-refractivity contribution < 1.29 is 15.0 Å². The lowest BCUT2D eigenvalue weighted by Crippen LogP contribution is -2.33. The molecular formula is C16H16BrNO3. The monoisotopic (exact) mass is 349 g/mol. The fraction of sp³-hybridized carbons (Fsp3) is 0.188. The molecule has 2 aromatic carbocycles. The van der Waals surface area contributed by atoms with E-state index in [9.17, 15) is 9.90 Å². The normalized spacial score (nSPS) is 10.4. The summed E-state index contributed by atoms with van der Waals surface area (Å²) in [6, 6.07) is 14.3. The number of nitrogens with zero attached hydrogens (tertiary/aromatic N) is 1. The standard InChI is InChI=1S/C16H16BrNO3/c17-14-7-6-13(10-15(14)20)16(21)18(8-9-19)11-12-4-2-1-3-5-12/h1-7,10,19-20H,8-9,11H2. The predicted molar refractivity (Wildman–Crippen MR) is 84.1 cm³/mol. The maximum absolute atomic E-state index is 12.5. The number of hydrogen-bond acceptors (Lipinski definition) is 3. The molecule has 110 valence electrons. The first-order valence-corrected chi connectivity index (χ1v) is 7.33. The lowest BCUT2D eigenvalue weighted by Gasteiger charge is -2.22. The fourth-order valence-electron chi connectivity index (χ4n) is 2.01. The Bertz CT molecular complexity index is 616. The molecule has 2 N–H and O–H groups in total. The quantitative estimate of drug-likeness (QED) is 0.872. The van der Waals surface area contributed by atoms with Crippen molar-refractivity contribution in [2.24, 2.45) is 0 Å². The number of amides is 1. The van der Waals surface area contributed by atoms with Crippen molar-refractivity contribution in [3.05, 3.63) is 64.1 Å². The summed E-state index contributed by atoms with van der Waals surface area (Å²) in [7, 11) is 0. The van der Waals surface area contributed by atoms with Crippen LogP contribution < -0.4 is 0 Å². The van der Waals surface area contributed by atoms with Crippen LogP contribution >= 0.6 is 15.9 Å². The van der Waals surface area contributed by atoms with E-state index in [0.29, 0.717) is 16.6 Å². The Morgan fingerprint density at radius 1 is 1.14 bits per heavy atom. The molecule has 0 heterocycles. The molecule has 0 spiro atoms. The fourth-order valence-corrected chi connectivity index (χ4v) is 2.25. The van der Waals surface area contributed by atoms with Crippen LogP contribution in [0, 0.1) is 0 Å². The largest absolute Gasteiger partial charge is 0.507 e. The molecule has 0 atom stereocenters. The zero-order valence-electron chi connectivity index (χ0n) is 11.4. The highest BCUT2D eigenvalue weighted by Gasteiger charge is 2.16. The minimum absolute atomic E-state index is 0.0181. The van der Waals surface area contributed by atoms with E-state index in [2.05, 4.69) is 15.9 Å². The summed E-state index contributed by atoms with van der Waals surface area (Å²) in [5.41, 5.74) is 1.38. The van der Waals surface area contributed by atoms with Gasteiger partial charge in [0.1, 0.15) is 5.75 Å². The predicted octanol–water partition coefficient (Wildman–Crippen LogP) is 2.79. The molecule has 0 aliphatic rings. The third-order valence-corrected chi connectivity index (χ3v) is 3.74. The van der Waals surface area contributed by atoms with E-state index in [1.54, 1.807) is 17.0 Å². The summed E-state index contributed by atoms with van der Waals surface area (Å²) in [5, 5.41) is 18.8. The summed E-state index contributed by atoms with van der Waals surface area (Å²) in [4.78, 5) is 14.0. The Morgan fingerprint density at radius 3 is 2.48 bits per heavy atom. The van der Waals surface area contributed by atoms with Gasteiger partial charge in [-0.1, -0.05) is 30.3 Å². The van der Waals surface area contributed by atoms with Gasteiger partial charge in [0, 0.05) is 18.7 Å². The molecular weight excluding hydrogens is 334 g/mol. The van der Waals surface area contributed by atoms with Crippen molar-refractivity contribution >= 4 is 21.8 Å². The van der Waals surface area contributed by atoms with Crippen LogP contribution in [-0.2, 0) is 6.54 Å². The van der Waals surface area contributed by atoms with E-state index >= 15 is 0 Å². The molecule has 0 saturated carbocycles. The van der Waals surface area contributed by atoms with Gasteiger partial charge >= 0.3 is 0 Å². The Balaban J connectivity index is 2.20. The number of hydrogen-bond donors (Lipinski definition) is 2. The lowest BCUT2D eigenvalue weighted by atomic mass is 10.1. The molecule has 21 heavy (non-hydrogen) atoms. The van der Waals surface area contributed by atoms with Gasteiger partial charge in [0.25, 0.3) is 5.91 Å². The van der Waals surface area contributed by atoms with Crippen LogP contribution in [0.25, 0.3) is 0 Å². The molecule has 1 amide bonds. The van der Waals surface area contributed by atoms with Gasteiger partial charge in [-0.05, 0) is 39.7 Å². The van der Waals surface area contributed by atoms with E-state index in [1.807, 2.05) is 30.3 Å². The molecule has 0 saturated heterocycles. The number of halogens is 1. The molecule has 2 aromatic rings. The molecule has 2 rings (SSSR count). The Kier molecular flexibility index (Phi) is 5.36. The Morgan fingerprint density at radius 2 is 1.86 bits per heavy atom. The summed E-state index contributed by atoms with van der Waals surface area (Å²) in [5.74, 6) is -0.208. The highest BCUT2D eigenvalue weighted by molar-refractivity contribution is 9.10. The third-order valence-electron chi connectivity index (χ3n) is 3.07. The molecule has 0 fully saturated rings. The van der Waals surface area contributed by atoms with Gasteiger partial charge in [-0.15, -0.1) is 0 Å².